The van der Waals surface area contributed by atoms with Gasteiger partial charge >= 0.3 is 0 Å². The highest BCUT2D eigenvalue weighted by atomic mass is 19.1. The molecule has 2 aromatic carbocycles. The first-order valence-electron chi connectivity index (χ1n) is 13.8. The van der Waals surface area contributed by atoms with Gasteiger partial charge in [0.15, 0.2) is 11.6 Å². The van der Waals surface area contributed by atoms with Gasteiger partial charge in [0.25, 0.3) is 5.91 Å². The van der Waals surface area contributed by atoms with Crippen LogP contribution in [-0.4, -0.2) is 64.8 Å². The van der Waals surface area contributed by atoms with E-state index in [1.165, 1.54) is 53.4 Å². The minimum atomic E-state index is -0.947. The number of nitrogens with zero attached hydrogens (tertiary/aromatic N) is 4. The third kappa shape index (κ3) is 6.26. The van der Waals surface area contributed by atoms with Gasteiger partial charge in [0, 0.05) is 67.8 Å². The van der Waals surface area contributed by atoms with Crippen molar-refractivity contribution in [2.24, 2.45) is 5.73 Å². The van der Waals surface area contributed by atoms with Crippen molar-refractivity contribution in [2.75, 3.05) is 39.5 Å². The van der Waals surface area contributed by atoms with Crippen molar-refractivity contribution in [2.45, 2.75) is 0 Å². The van der Waals surface area contributed by atoms with Crippen LogP contribution in [0, 0.1) is 11.6 Å². The summed E-state index contributed by atoms with van der Waals surface area (Å²) in [6.45, 7) is 4.38. The SMILES string of the molecule is NC(=O)c1cn(-c2ccc(Oc3ccnc4cc(OCCN5CCOCC5)ncc34)c(F)c2)cc(-c2ccc(F)cc2)c1=O. The molecule has 44 heavy (non-hydrogen) atoms. The van der Waals surface area contributed by atoms with Crippen LogP contribution >= 0.6 is 0 Å². The summed E-state index contributed by atoms with van der Waals surface area (Å²) in [7, 11) is 0. The Morgan fingerprint density at radius 3 is 2.52 bits per heavy atom. The molecule has 10 nitrogen and oxygen atoms in total. The Balaban J connectivity index is 1.23. The number of morpholine rings is 1. The van der Waals surface area contributed by atoms with E-state index in [-0.39, 0.29) is 16.9 Å². The standard InChI is InChI=1S/C32H27F2N5O5/c33-21-3-1-20(2-4-21)24-18-39(19-25(31(24)40)32(35)41)22-5-6-29(26(34)15-22)44-28-7-8-36-27-16-30(37-17-23(27)28)43-14-11-38-9-12-42-13-10-38/h1-8,15-19H,9-14H2,(H2,35,41). The van der Waals surface area contributed by atoms with Gasteiger partial charge in [0.05, 0.1) is 24.1 Å². The molecule has 0 radical (unpaired) electrons. The Bertz CT molecular complexity index is 1890. The molecule has 5 aromatic rings. The van der Waals surface area contributed by atoms with E-state index >= 15 is 4.39 Å². The van der Waals surface area contributed by atoms with Crippen LogP contribution in [0.25, 0.3) is 27.7 Å². The fraction of sp³-hybridized carbons (Fsp3) is 0.188. The molecule has 0 spiro atoms. The monoisotopic (exact) mass is 599 g/mol. The molecular formula is C32H27F2N5O5. The van der Waals surface area contributed by atoms with E-state index in [4.69, 9.17) is 19.9 Å². The van der Waals surface area contributed by atoms with Gasteiger partial charge in [0.1, 0.15) is 23.7 Å². The normalized spacial score (nSPS) is 13.6. The fourth-order valence-electron chi connectivity index (χ4n) is 4.86. The molecule has 1 saturated heterocycles. The van der Waals surface area contributed by atoms with Crippen LogP contribution in [-0.2, 0) is 4.74 Å². The number of hydrogen-bond donors (Lipinski definition) is 1. The largest absolute Gasteiger partial charge is 0.476 e. The Kier molecular flexibility index (Phi) is 8.26. The maximum Gasteiger partial charge on any atom is 0.254 e. The van der Waals surface area contributed by atoms with Gasteiger partial charge in [-0.1, -0.05) is 12.1 Å². The van der Waals surface area contributed by atoms with Crippen molar-refractivity contribution in [3.8, 4) is 34.2 Å². The predicted octanol–water partition coefficient (Wildman–Crippen LogP) is 4.33. The number of rotatable bonds is 9. The van der Waals surface area contributed by atoms with E-state index in [9.17, 15) is 14.0 Å². The van der Waals surface area contributed by atoms with Gasteiger partial charge in [-0.05, 0) is 35.9 Å². The number of halogens is 2. The molecule has 0 atom stereocenters. The minimum absolute atomic E-state index is 0.0676. The van der Waals surface area contributed by atoms with Crippen molar-refractivity contribution in [1.29, 1.82) is 0 Å². The lowest BCUT2D eigenvalue weighted by Gasteiger charge is -2.26. The summed E-state index contributed by atoms with van der Waals surface area (Å²) in [6.07, 6.45) is 5.77. The number of hydrogen-bond acceptors (Lipinski definition) is 8. The highest BCUT2D eigenvalue weighted by Gasteiger charge is 2.17. The molecule has 1 fully saturated rings. The number of primary amides is 1. The first kappa shape index (κ1) is 28.9. The second-order valence-electron chi connectivity index (χ2n) is 10.1. The molecule has 0 aliphatic carbocycles. The van der Waals surface area contributed by atoms with Crippen molar-refractivity contribution < 1.29 is 27.8 Å². The van der Waals surface area contributed by atoms with Gasteiger partial charge < -0.3 is 24.5 Å². The quantitative estimate of drug-likeness (QED) is 0.266. The topological polar surface area (TPSA) is 122 Å². The summed E-state index contributed by atoms with van der Waals surface area (Å²) >= 11 is 0. The summed E-state index contributed by atoms with van der Waals surface area (Å²) in [4.78, 5) is 36.0. The highest BCUT2D eigenvalue weighted by Crippen LogP contribution is 2.32. The molecule has 4 heterocycles. The summed E-state index contributed by atoms with van der Waals surface area (Å²) in [6, 6.07) is 12.7. The van der Waals surface area contributed by atoms with Crippen LogP contribution in [0.5, 0.6) is 17.4 Å². The van der Waals surface area contributed by atoms with Crippen LogP contribution in [0.15, 0.2) is 84.2 Å². The number of aromatic nitrogens is 3. The zero-order chi connectivity index (χ0) is 30.6. The summed E-state index contributed by atoms with van der Waals surface area (Å²) in [5.41, 5.74) is 5.86. The minimum Gasteiger partial charge on any atom is -0.476 e. The molecular weight excluding hydrogens is 572 g/mol. The maximum atomic E-state index is 15.4. The molecule has 2 N–H and O–H groups in total. The van der Waals surface area contributed by atoms with Crippen molar-refractivity contribution in [3.05, 3.63) is 107 Å². The van der Waals surface area contributed by atoms with E-state index in [0.29, 0.717) is 53.6 Å². The summed E-state index contributed by atoms with van der Waals surface area (Å²) in [5.74, 6) is -1.44. The third-order valence-corrected chi connectivity index (χ3v) is 7.20. The number of pyridine rings is 3. The van der Waals surface area contributed by atoms with E-state index in [0.717, 1.165) is 19.6 Å². The molecule has 1 aliphatic heterocycles. The van der Waals surface area contributed by atoms with E-state index < -0.39 is 23.0 Å². The average Bonchev–Trinajstić information content (AvgIpc) is 3.03. The summed E-state index contributed by atoms with van der Waals surface area (Å²) < 4.78 is 47.4. The lowest BCUT2D eigenvalue weighted by Crippen LogP contribution is -2.38. The van der Waals surface area contributed by atoms with Gasteiger partial charge in [-0.15, -0.1) is 0 Å². The molecule has 1 aliphatic rings. The number of carbonyl (C=O) groups excluding carboxylic acids is 1. The predicted molar refractivity (Wildman–Crippen MR) is 158 cm³/mol. The van der Waals surface area contributed by atoms with Gasteiger partial charge in [0.2, 0.25) is 11.3 Å². The van der Waals surface area contributed by atoms with Gasteiger partial charge in [-0.3, -0.25) is 19.5 Å². The van der Waals surface area contributed by atoms with Crippen LogP contribution < -0.4 is 20.6 Å². The Labute approximate surface area is 250 Å². The first-order chi connectivity index (χ1) is 21.4. The van der Waals surface area contributed by atoms with Crippen molar-refractivity contribution in [1.82, 2.24) is 19.4 Å². The van der Waals surface area contributed by atoms with Crippen molar-refractivity contribution in [3.63, 3.8) is 0 Å². The van der Waals surface area contributed by atoms with Crippen LogP contribution in [0.4, 0.5) is 8.78 Å². The third-order valence-electron chi connectivity index (χ3n) is 7.20. The van der Waals surface area contributed by atoms with E-state index in [1.54, 1.807) is 30.6 Å². The molecule has 1 amide bonds. The van der Waals surface area contributed by atoms with Gasteiger partial charge in [-0.2, -0.15) is 0 Å². The zero-order valence-corrected chi connectivity index (χ0v) is 23.4. The summed E-state index contributed by atoms with van der Waals surface area (Å²) in [5, 5.41) is 0.562. The molecule has 12 heteroatoms. The number of amides is 1. The average molecular weight is 600 g/mol. The number of ether oxygens (including phenoxy) is 3. The Hall–Kier alpha value is -5.20. The maximum absolute atomic E-state index is 15.4. The Morgan fingerprint density at radius 2 is 1.77 bits per heavy atom. The zero-order valence-electron chi connectivity index (χ0n) is 23.4. The van der Waals surface area contributed by atoms with Crippen LogP contribution in [0.3, 0.4) is 0 Å². The molecule has 0 bridgehead atoms. The second-order valence-corrected chi connectivity index (χ2v) is 10.1. The molecule has 6 rings (SSSR count). The first-order valence-corrected chi connectivity index (χ1v) is 13.8. The van der Waals surface area contributed by atoms with Crippen molar-refractivity contribution >= 4 is 16.8 Å². The number of fused-ring (bicyclic) bond motifs is 1. The van der Waals surface area contributed by atoms with Crippen LogP contribution in [0.1, 0.15) is 10.4 Å². The number of carbonyl (C=O) groups is 1. The molecule has 0 unspecified atom stereocenters. The van der Waals surface area contributed by atoms with Crippen LogP contribution in [0.2, 0.25) is 0 Å². The lowest BCUT2D eigenvalue weighted by atomic mass is 10.0. The lowest BCUT2D eigenvalue weighted by molar-refractivity contribution is 0.0320. The molecule has 224 valence electrons. The second kappa shape index (κ2) is 12.6. The van der Waals surface area contributed by atoms with Gasteiger partial charge in [-0.25, -0.2) is 13.8 Å². The molecule has 3 aromatic heterocycles. The molecule has 0 saturated carbocycles. The smallest absolute Gasteiger partial charge is 0.254 e. The highest BCUT2D eigenvalue weighted by molar-refractivity contribution is 5.93. The number of nitrogens with two attached hydrogens (primary N) is 1. The van der Waals surface area contributed by atoms with E-state index in [2.05, 4.69) is 14.9 Å². The van der Waals surface area contributed by atoms with E-state index in [1.807, 2.05) is 0 Å². The fourth-order valence-corrected chi connectivity index (χ4v) is 4.86. The Morgan fingerprint density at radius 1 is 0.977 bits per heavy atom. The number of benzene rings is 2.